The quantitative estimate of drug-likeness (QED) is 0.115. The van der Waals surface area contributed by atoms with Gasteiger partial charge in [0.05, 0.1) is 24.9 Å². The minimum absolute atomic E-state index is 0.0212. The van der Waals surface area contributed by atoms with Crippen LogP contribution in [0.4, 0.5) is 4.39 Å². The van der Waals surface area contributed by atoms with Gasteiger partial charge in [-0.3, -0.25) is 28.5 Å². The van der Waals surface area contributed by atoms with Crippen LogP contribution in [0.2, 0.25) is 0 Å². The van der Waals surface area contributed by atoms with Crippen LogP contribution in [-0.2, 0) is 44.1 Å². The average molecular weight is 762 g/mol. The molecule has 288 valence electrons. The van der Waals surface area contributed by atoms with Gasteiger partial charge in [-0.15, -0.1) is 0 Å². The molecule has 0 bridgehead atoms. The molecule has 1 amide bonds. The second-order valence-electron chi connectivity index (χ2n) is 13.0. The van der Waals surface area contributed by atoms with Crippen molar-refractivity contribution in [1.82, 2.24) is 20.0 Å². The van der Waals surface area contributed by atoms with Gasteiger partial charge in [0.25, 0.3) is 5.56 Å². The van der Waals surface area contributed by atoms with Gasteiger partial charge in [0, 0.05) is 12.8 Å². The van der Waals surface area contributed by atoms with E-state index in [4.69, 9.17) is 29.0 Å². The van der Waals surface area contributed by atoms with E-state index in [-0.39, 0.29) is 24.5 Å². The highest BCUT2D eigenvalue weighted by molar-refractivity contribution is 7.52. The molecule has 1 aliphatic rings. The number of halogens is 1. The number of esters is 2. The highest BCUT2D eigenvalue weighted by atomic mass is 31.2. The molecule has 1 fully saturated rings. The Morgan fingerprint density at radius 3 is 2.28 bits per heavy atom. The summed E-state index contributed by atoms with van der Waals surface area (Å²) in [4.78, 5) is 65.8. The number of hydrogen-bond acceptors (Lipinski definition) is 12. The van der Waals surface area contributed by atoms with E-state index in [0.29, 0.717) is 11.8 Å². The van der Waals surface area contributed by atoms with E-state index >= 15 is 0 Å². The molecule has 3 aromatic rings. The monoisotopic (exact) mass is 761 g/mol. The Balaban J connectivity index is 1.64. The van der Waals surface area contributed by atoms with Crippen LogP contribution in [0.5, 0.6) is 5.75 Å². The normalized spacial score (nSPS) is 19.9. The van der Waals surface area contributed by atoms with Crippen LogP contribution in [0.15, 0.2) is 76.4 Å². The molecule has 16 nitrogen and oxygen atoms in total. The van der Waals surface area contributed by atoms with Gasteiger partial charge in [-0.1, -0.05) is 62.4 Å². The molecule has 0 unspecified atom stereocenters. The van der Waals surface area contributed by atoms with Crippen LogP contribution in [0, 0.1) is 11.7 Å². The van der Waals surface area contributed by atoms with Gasteiger partial charge >= 0.3 is 25.4 Å². The lowest BCUT2D eigenvalue weighted by Crippen LogP contribution is -2.52. The Kier molecular flexibility index (Phi) is 14.3. The number of para-hydroxylation sites is 1. The number of H-pyrrole nitrogens is 1. The van der Waals surface area contributed by atoms with E-state index in [1.165, 1.54) is 19.1 Å². The molecule has 53 heavy (non-hydrogen) atoms. The fraction of sp³-hybridized carbons (Fsp3) is 0.457. The number of nitrogens with zero attached hydrogens (tertiary/aromatic N) is 1. The second-order valence-corrected chi connectivity index (χ2v) is 14.7. The number of hydrogen-bond donors (Lipinski definition) is 4. The molecule has 2 heterocycles. The number of aromatic amines is 1. The predicted octanol–water partition coefficient (Wildman–Crippen LogP) is 2.72. The molecule has 0 radical (unpaired) electrons. The summed E-state index contributed by atoms with van der Waals surface area (Å²) in [7, 11) is -4.45. The summed E-state index contributed by atoms with van der Waals surface area (Å²) in [6.45, 7) is 7.56. The molecular formula is C35H45FN5O11P. The standard InChI is InChI=1S/C35H45FN5O11P/c1-20(2)30(37)32(43)38-26(16-23-12-8-6-9-13-23)34(45)51-27-17-29(41-18-25(36)31(42)39-35(41)46)50-28(27)19-48-53(47,52-24-14-10-7-11-15-24)40-22(5)33(44)49-21(3)4/h6-15,18,20-22,26-30H,16-17,19,37H2,1-5H3,(H,38,43)(H,40,47)(H,39,42,46)/t22-,26-,27-,28+,29+,30-,53-/m0/s1. The highest BCUT2D eigenvalue weighted by Crippen LogP contribution is 2.46. The molecule has 4 rings (SSSR count). The second kappa shape index (κ2) is 18.4. The zero-order valence-corrected chi connectivity index (χ0v) is 30.8. The third-order valence-electron chi connectivity index (χ3n) is 8.02. The number of carbonyl (C=O) groups is 3. The lowest BCUT2D eigenvalue weighted by Gasteiger charge is -2.27. The summed E-state index contributed by atoms with van der Waals surface area (Å²) >= 11 is 0. The number of benzene rings is 2. The van der Waals surface area contributed by atoms with E-state index in [1.54, 1.807) is 76.2 Å². The predicted molar refractivity (Wildman–Crippen MR) is 189 cm³/mol. The van der Waals surface area contributed by atoms with Crippen LogP contribution < -0.4 is 31.9 Å². The number of ether oxygens (including phenoxy) is 3. The third-order valence-corrected chi connectivity index (χ3v) is 9.67. The van der Waals surface area contributed by atoms with Crippen molar-refractivity contribution in [2.45, 2.75) is 90.1 Å². The van der Waals surface area contributed by atoms with Crippen LogP contribution >= 0.6 is 7.75 Å². The van der Waals surface area contributed by atoms with Crippen molar-refractivity contribution in [1.29, 1.82) is 0 Å². The van der Waals surface area contributed by atoms with Crippen LogP contribution in [0.1, 0.15) is 52.8 Å². The lowest BCUT2D eigenvalue weighted by molar-refractivity contribution is -0.157. The summed E-state index contributed by atoms with van der Waals surface area (Å²) in [6.07, 6.45) is -3.92. The first-order valence-electron chi connectivity index (χ1n) is 17.0. The Morgan fingerprint density at radius 1 is 1.02 bits per heavy atom. The molecule has 7 atom stereocenters. The average Bonchev–Trinajstić information content (AvgIpc) is 3.50. The number of rotatable bonds is 17. The summed E-state index contributed by atoms with van der Waals surface area (Å²) in [5, 5.41) is 5.21. The van der Waals surface area contributed by atoms with Crippen LogP contribution in [0.25, 0.3) is 0 Å². The summed E-state index contributed by atoms with van der Waals surface area (Å²) in [5.41, 5.74) is 4.49. The highest BCUT2D eigenvalue weighted by Gasteiger charge is 2.43. The minimum Gasteiger partial charge on any atom is -0.462 e. The molecule has 1 saturated heterocycles. The van der Waals surface area contributed by atoms with E-state index in [2.05, 4.69) is 10.4 Å². The molecular weight excluding hydrogens is 716 g/mol. The minimum atomic E-state index is -4.45. The van der Waals surface area contributed by atoms with Crippen molar-refractivity contribution < 1.29 is 46.6 Å². The number of amides is 1. The van der Waals surface area contributed by atoms with Gasteiger partial charge in [0.1, 0.15) is 36.3 Å². The maximum absolute atomic E-state index is 14.3. The number of nitrogens with two attached hydrogens (primary N) is 1. The zero-order chi connectivity index (χ0) is 38.9. The Labute approximate surface area is 305 Å². The first kappa shape index (κ1) is 41.1. The molecule has 1 aromatic heterocycles. The maximum atomic E-state index is 14.3. The van der Waals surface area contributed by atoms with Gasteiger partial charge in [-0.05, 0) is 44.4 Å². The smallest absolute Gasteiger partial charge is 0.459 e. The fourth-order valence-corrected chi connectivity index (χ4v) is 6.67. The number of carbonyl (C=O) groups excluding carboxylic acids is 3. The van der Waals surface area contributed by atoms with Crippen LogP contribution in [0.3, 0.4) is 0 Å². The van der Waals surface area contributed by atoms with Crippen molar-refractivity contribution in [2.24, 2.45) is 11.7 Å². The van der Waals surface area contributed by atoms with E-state index < -0.39 is 91.9 Å². The Hall–Kier alpha value is -4.67. The molecule has 0 aliphatic carbocycles. The molecule has 1 aliphatic heterocycles. The van der Waals surface area contributed by atoms with Crippen LogP contribution in [-0.4, -0.2) is 70.4 Å². The maximum Gasteiger partial charge on any atom is 0.459 e. The Bertz CT molecular complexity index is 1880. The van der Waals surface area contributed by atoms with Crippen molar-refractivity contribution >= 4 is 25.6 Å². The first-order valence-corrected chi connectivity index (χ1v) is 18.5. The number of nitrogens with one attached hydrogen (secondary N) is 3. The molecule has 0 saturated carbocycles. The molecule has 5 N–H and O–H groups in total. The Morgan fingerprint density at radius 2 is 1.66 bits per heavy atom. The van der Waals surface area contributed by atoms with Crippen molar-refractivity contribution in [3.05, 3.63) is 99.1 Å². The van der Waals surface area contributed by atoms with Crippen molar-refractivity contribution in [2.75, 3.05) is 6.61 Å². The molecule has 18 heteroatoms. The van der Waals surface area contributed by atoms with E-state index in [9.17, 15) is 32.9 Å². The molecule has 2 aromatic carbocycles. The summed E-state index contributed by atoms with van der Waals surface area (Å²) in [6, 6.07) is 13.4. The fourth-order valence-electron chi connectivity index (χ4n) is 5.17. The van der Waals surface area contributed by atoms with Gasteiger partial charge in [-0.2, -0.15) is 9.48 Å². The van der Waals surface area contributed by atoms with Gasteiger partial charge < -0.3 is 29.8 Å². The zero-order valence-electron chi connectivity index (χ0n) is 29.9. The third kappa shape index (κ3) is 11.7. The van der Waals surface area contributed by atoms with Crippen molar-refractivity contribution in [3.8, 4) is 5.75 Å². The summed E-state index contributed by atoms with van der Waals surface area (Å²) in [5.74, 6) is -3.64. The topological polar surface area (TPSA) is 219 Å². The summed E-state index contributed by atoms with van der Waals surface area (Å²) < 4.78 is 57.9. The SMILES string of the molecule is CC(C)OC(=O)[C@H](C)N[P@](=O)(OC[C@H]1O[C@@H](n2cc(F)c(=O)[nH]c2=O)C[C@@H]1OC(=O)[C@H](Cc1ccccc1)NC(=O)[C@@H](N)C(C)C)Oc1ccccc1. The van der Waals surface area contributed by atoms with Crippen molar-refractivity contribution in [3.63, 3.8) is 0 Å². The first-order chi connectivity index (χ1) is 25.0. The van der Waals surface area contributed by atoms with Gasteiger partial charge in [-0.25, -0.2) is 14.2 Å². The number of aromatic nitrogens is 2. The lowest BCUT2D eigenvalue weighted by atomic mass is 10.0. The molecule has 0 spiro atoms. The van der Waals surface area contributed by atoms with Gasteiger partial charge in [0.2, 0.25) is 11.7 Å². The van der Waals surface area contributed by atoms with E-state index in [0.717, 1.165) is 4.57 Å². The van der Waals surface area contributed by atoms with E-state index in [1.807, 2.05) is 4.98 Å². The largest absolute Gasteiger partial charge is 0.462 e. The van der Waals surface area contributed by atoms with Gasteiger partial charge in [0.15, 0.2) is 0 Å².